The Bertz CT molecular complexity index is 885. The molecule has 132 valence electrons. The lowest BCUT2D eigenvalue weighted by molar-refractivity contribution is -0.791. The van der Waals surface area contributed by atoms with E-state index in [4.69, 9.17) is 9.31 Å². The van der Waals surface area contributed by atoms with Crippen molar-refractivity contribution < 1.29 is 23.3 Å². The van der Waals surface area contributed by atoms with Crippen LogP contribution in [-0.2, 0) is 18.9 Å². The van der Waals surface area contributed by atoms with Crippen molar-refractivity contribution in [1.29, 1.82) is 0 Å². The Morgan fingerprint density at radius 3 is 2.04 bits per heavy atom. The van der Waals surface area contributed by atoms with Gasteiger partial charge in [-0.25, -0.2) is 0 Å². The van der Waals surface area contributed by atoms with E-state index in [2.05, 4.69) is 0 Å². The third-order valence-electron chi connectivity index (χ3n) is 5.27. The molecule has 2 aromatic carbocycles. The minimum atomic E-state index is -2.22. The zero-order valence-corrected chi connectivity index (χ0v) is 14.8. The van der Waals surface area contributed by atoms with Crippen molar-refractivity contribution in [3.8, 4) is 0 Å². The summed E-state index contributed by atoms with van der Waals surface area (Å²) in [6, 6.07) is 18.0. The molecule has 0 unspecified atom stereocenters. The van der Waals surface area contributed by atoms with Crippen LogP contribution < -0.4 is 0 Å². The molecule has 2 fully saturated rings. The number of aryl methyl sites for hydroxylation is 1. The highest BCUT2D eigenvalue weighted by Crippen LogP contribution is 2.38. The van der Waals surface area contributed by atoms with Crippen LogP contribution in [0.1, 0.15) is 16.7 Å². The van der Waals surface area contributed by atoms with Gasteiger partial charge >= 0.3 is 18.6 Å². The molecule has 2 aromatic rings. The van der Waals surface area contributed by atoms with Gasteiger partial charge < -0.3 is 13.7 Å². The fourth-order valence-electron chi connectivity index (χ4n) is 3.80. The van der Waals surface area contributed by atoms with Crippen molar-refractivity contribution in [3.63, 3.8) is 0 Å². The molecule has 2 heterocycles. The second kappa shape index (κ2) is 5.85. The van der Waals surface area contributed by atoms with Gasteiger partial charge in [-0.2, -0.15) is 0 Å². The molecule has 0 amide bonds. The molecule has 0 aliphatic carbocycles. The number of carbonyl (C=O) groups is 2. The van der Waals surface area contributed by atoms with Crippen LogP contribution in [0.15, 0.2) is 60.6 Å². The summed E-state index contributed by atoms with van der Waals surface area (Å²) in [5.74, 6) is 1.16. The molecule has 0 atom stereocenters. The topological polar surface area (TPSA) is 52.6 Å². The molecule has 5 nitrogen and oxygen atoms in total. The van der Waals surface area contributed by atoms with Crippen LogP contribution in [0.2, 0.25) is 0 Å². The number of hydrogen-bond acceptors (Lipinski definition) is 4. The van der Waals surface area contributed by atoms with Crippen molar-refractivity contribution in [2.75, 3.05) is 20.1 Å². The summed E-state index contributed by atoms with van der Waals surface area (Å²) in [5.41, 5.74) is 4.00. The maximum Gasteiger partial charge on any atom is 0.608 e. The summed E-state index contributed by atoms with van der Waals surface area (Å²) in [7, 11) is 1.84. The standard InChI is InChI=1S/C20H20BNO4/c1-15-8-10-17(11-9-15)18(16-6-4-3-5-7-16)12-21-22(2,13-19(23)25-21)14-20(24)26-21/h3-12H,13-14H2,1-2H3/b18-12+. The Morgan fingerprint density at radius 2 is 1.46 bits per heavy atom. The molecule has 6 heteroatoms. The van der Waals surface area contributed by atoms with Gasteiger partial charge in [-0.15, -0.1) is 0 Å². The molecule has 0 bridgehead atoms. The van der Waals surface area contributed by atoms with Gasteiger partial charge in [0.25, 0.3) is 0 Å². The van der Waals surface area contributed by atoms with Crippen molar-refractivity contribution in [3.05, 3.63) is 77.3 Å². The summed E-state index contributed by atoms with van der Waals surface area (Å²) in [6.45, 7) is 0.0822. The summed E-state index contributed by atoms with van der Waals surface area (Å²) in [6.07, 6.45) is 0. The molecule has 2 aliphatic heterocycles. The van der Waals surface area contributed by atoms with E-state index in [-0.39, 0.29) is 29.4 Å². The highest BCUT2D eigenvalue weighted by molar-refractivity contribution is 6.72. The highest BCUT2D eigenvalue weighted by Gasteiger charge is 2.63. The Labute approximate surface area is 152 Å². The van der Waals surface area contributed by atoms with E-state index < -0.39 is 6.69 Å². The number of nitrogens with zero attached hydrogens (tertiary/aromatic N) is 1. The van der Waals surface area contributed by atoms with Gasteiger partial charge in [-0.3, -0.25) is 9.59 Å². The largest absolute Gasteiger partial charge is 0.608 e. The van der Waals surface area contributed by atoms with Crippen LogP contribution in [-0.4, -0.2) is 43.2 Å². The SMILES string of the molecule is Cc1ccc(/C(=C/[B-]23OC(=O)C[N+]2(C)CC(=O)O3)c2ccccc2)cc1. The van der Waals surface area contributed by atoms with E-state index in [1.165, 1.54) is 0 Å². The van der Waals surface area contributed by atoms with E-state index in [1.807, 2.05) is 74.5 Å². The van der Waals surface area contributed by atoms with E-state index >= 15 is 0 Å². The number of carbonyl (C=O) groups excluding carboxylic acids is 2. The molecule has 0 saturated carbocycles. The van der Waals surface area contributed by atoms with Gasteiger partial charge in [0.2, 0.25) is 0 Å². The average Bonchev–Trinajstić information content (AvgIpc) is 2.97. The van der Waals surface area contributed by atoms with Crippen LogP contribution >= 0.6 is 0 Å². The van der Waals surface area contributed by atoms with Crippen molar-refractivity contribution >= 4 is 24.2 Å². The number of benzene rings is 2. The summed E-state index contributed by atoms with van der Waals surface area (Å²) in [5, 5.41) is 0. The maximum absolute atomic E-state index is 12.0. The second-order valence-electron chi connectivity index (χ2n) is 7.32. The van der Waals surface area contributed by atoms with Crippen molar-refractivity contribution in [2.24, 2.45) is 0 Å². The zero-order valence-electron chi connectivity index (χ0n) is 14.8. The number of likely N-dealkylation sites (N-methyl/N-ethyl adjacent to an activating group) is 1. The molecule has 0 radical (unpaired) electrons. The van der Waals surface area contributed by atoms with Gasteiger partial charge in [0.1, 0.15) is 13.1 Å². The van der Waals surface area contributed by atoms with E-state index in [9.17, 15) is 9.59 Å². The highest BCUT2D eigenvalue weighted by atomic mass is 16.7. The molecule has 4 rings (SSSR count). The first-order valence-electron chi connectivity index (χ1n) is 8.69. The molecule has 2 saturated heterocycles. The summed E-state index contributed by atoms with van der Waals surface area (Å²) < 4.78 is 11.4. The minimum absolute atomic E-state index is 0.137. The van der Waals surface area contributed by atoms with Crippen LogP contribution in [0.3, 0.4) is 0 Å². The Hall–Kier alpha value is -2.86. The first-order chi connectivity index (χ1) is 12.4. The van der Waals surface area contributed by atoms with Crippen LogP contribution in [0, 0.1) is 6.92 Å². The normalized spacial score (nSPS) is 27.8. The van der Waals surface area contributed by atoms with Crippen molar-refractivity contribution in [2.45, 2.75) is 6.92 Å². The lowest BCUT2D eigenvalue weighted by Crippen LogP contribution is -2.59. The average molecular weight is 349 g/mol. The Morgan fingerprint density at radius 1 is 0.923 bits per heavy atom. The predicted octanol–water partition coefficient (Wildman–Crippen LogP) is 2.47. The van der Waals surface area contributed by atoms with Crippen LogP contribution in [0.25, 0.3) is 5.57 Å². The molecule has 26 heavy (non-hydrogen) atoms. The smallest absolute Gasteiger partial charge is 0.596 e. The zero-order chi connectivity index (χ0) is 18.4. The molecule has 2 aliphatic rings. The fourth-order valence-corrected chi connectivity index (χ4v) is 3.80. The number of hydrogen-bond donors (Lipinski definition) is 0. The van der Waals surface area contributed by atoms with E-state index in [1.54, 1.807) is 0 Å². The van der Waals surface area contributed by atoms with E-state index in [0.29, 0.717) is 0 Å². The minimum Gasteiger partial charge on any atom is -0.596 e. The molecule has 0 spiro atoms. The number of fused-ring (bicyclic) bond motifs is 1. The summed E-state index contributed by atoms with van der Waals surface area (Å²) >= 11 is 0. The molecular formula is C20H20BNO4. The van der Waals surface area contributed by atoms with Gasteiger partial charge in [0, 0.05) is 7.05 Å². The monoisotopic (exact) mass is 349 g/mol. The quantitative estimate of drug-likeness (QED) is 0.799. The Balaban J connectivity index is 1.90. The number of quaternary nitrogens is 1. The van der Waals surface area contributed by atoms with Gasteiger partial charge in [-0.1, -0.05) is 66.1 Å². The maximum atomic E-state index is 12.0. The Kier molecular flexibility index (Phi) is 3.74. The fraction of sp³-hybridized carbons (Fsp3) is 0.200. The first-order valence-corrected chi connectivity index (χ1v) is 8.69. The lowest BCUT2D eigenvalue weighted by Gasteiger charge is -2.38. The van der Waals surface area contributed by atoms with Gasteiger partial charge in [-0.05, 0) is 23.6 Å². The first kappa shape index (κ1) is 16.6. The third-order valence-corrected chi connectivity index (χ3v) is 5.27. The number of rotatable bonds is 3. The predicted molar refractivity (Wildman–Crippen MR) is 98.6 cm³/mol. The van der Waals surface area contributed by atoms with Crippen LogP contribution in [0.4, 0.5) is 0 Å². The summed E-state index contributed by atoms with van der Waals surface area (Å²) in [4.78, 5) is 24.1. The van der Waals surface area contributed by atoms with Crippen LogP contribution in [0.5, 0.6) is 0 Å². The van der Waals surface area contributed by atoms with Gasteiger partial charge in [0.15, 0.2) is 0 Å². The molecule has 0 N–H and O–H groups in total. The lowest BCUT2D eigenvalue weighted by atomic mass is 9.65. The molecule has 0 aromatic heterocycles. The third kappa shape index (κ3) is 2.63. The van der Waals surface area contributed by atoms with Crippen molar-refractivity contribution in [1.82, 2.24) is 0 Å². The second-order valence-corrected chi connectivity index (χ2v) is 7.32. The molecular weight excluding hydrogens is 329 g/mol. The van der Waals surface area contributed by atoms with Gasteiger partial charge in [0.05, 0.1) is 0 Å². The van der Waals surface area contributed by atoms with E-state index in [0.717, 1.165) is 22.3 Å².